The smallest absolute Gasteiger partial charge is 0.314 e. The van der Waals surface area contributed by atoms with E-state index in [1.165, 1.54) is 7.11 Å². The predicted molar refractivity (Wildman–Crippen MR) is 79.1 cm³/mol. The molecule has 0 aliphatic carbocycles. The van der Waals surface area contributed by atoms with E-state index in [0.717, 1.165) is 31.4 Å². The normalized spacial score (nSPS) is 20.2. The van der Waals surface area contributed by atoms with Gasteiger partial charge in [-0.2, -0.15) is 0 Å². The second-order valence-electron chi connectivity index (χ2n) is 4.58. The third-order valence-corrected chi connectivity index (χ3v) is 3.79. The van der Waals surface area contributed by atoms with Crippen LogP contribution in [0, 0.1) is 0 Å². The molecule has 2 atom stereocenters. The first-order valence-corrected chi connectivity index (χ1v) is 6.67. The molecule has 1 aromatic carbocycles. The van der Waals surface area contributed by atoms with Gasteiger partial charge < -0.3 is 10.1 Å². The van der Waals surface area contributed by atoms with E-state index in [9.17, 15) is 4.79 Å². The maximum absolute atomic E-state index is 12.0. The number of ether oxygens (including phenoxy) is 1. The van der Waals surface area contributed by atoms with Crippen LogP contribution in [0.5, 0.6) is 0 Å². The van der Waals surface area contributed by atoms with Gasteiger partial charge in [0.25, 0.3) is 0 Å². The lowest BCUT2D eigenvalue weighted by atomic mass is 9.86. The lowest BCUT2D eigenvalue weighted by molar-refractivity contribution is -0.143. The van der Waals surface area contributed by atoms with Crippen molar-refractivity contribution in [2.45, 2.75) is 31.2 Å². The molecule has 1 aliphatic heterocycles. The molecular weight excluding hydrogens is 285 g/mol. The summed E-state index contributed by atoms with van der Waals surface area (Å²) in [6.07, 6.45) is 3.27. The SMILES string of the molecule is COC(=O)[C@@H](c1ccccc1Cl)C1CCCCN1.Cl. The Morgan fingerprint density at radius 1 is 1.42 bits per heavy atom. The van der Waals surface area contributed by atoms with Crippen LogP contribution in [0.2, 0.25) is 5.02 Å². The molecule has 1 saturated heterocycles. The zero-order chi connectivity index (χ0) is 13.0. The topological polar surface area (TPSA) is 38.3 Å². The molecule has 5 heteroatoms. The minimum Gasteiger partial charge on any atom is -0.469 e. The molecule has 1 heterocycles. The molecule has 0 bridgehead atoms. The van der Waals surface area contributed by atoms with Gasteiger partial charge in [0.05, 0.1) is 13.0 Å². The minimum absolute atomic E-state index is 0. The number of piperidine rings is 1. The summed E-state index contributed by atoms with van der Waals surface area (Å²) in [5.41, 5.74) is 0.852. The molecule has 2 rings (SSSR count). The van der Waals surface area contributed by atoms with Gasteiger partial charge in [0.2, 0.25) is 0 Å². The van der Waals surface area contributed by atoms with Crippen molar-refractivity contribution >= 4 is 30.0 Å². The molecular formula is C14H19Cl2NO2. The largest absolute Gasteiger partial charge is 0.469 e. The van der Waals surface area contributed by atoms with Gasteiger partial charge in [0, 0.05) is 11.1 Å². The second-order valence-corrected chi connectivity index (χ2v) is 4.99. The van der Waals surface area contributed by atoms with Crippen molar-refractivity contribution in [3.8, 4) is 0 Å². The number of hydrogen-bond acceptors (Lipinski definition) is 3. The van der Waals surface area contributed by atoms with Crippen molar-refractivity contribution in [1.82, 2.24) is 5.32 Å². The van der Waals surface area contributed by atoms with Crippen LogP contribution >= 0.6 is 24.0 Å². The molecule has 19 heavy (non-hydrogen) atoms. The highest BCUT2D eigenvalue weighted by Crippen LogP contribution is 2.31. The number of methoxy groups -OCH3 is 1. The Morgan fingerprint density at radius 3 is 2.74 bits per heavy atom. The Balaban J connectivity index is 0.00000180. The van der Waals surface area contributed by atoms with E-state index >= 15 is 0 Å². The molecule has 3 nitrogen and oxygen atoms in total. The first-order chi connectivity index (χ1) is 8.74. The molecule has 0 aromatic heterocycles. The summed E-state index contributed by atoms with van der Waals surface area (Å²) in [4.78, 5) is 12.0. The van der Waals surface area contributed by atoms with E-state index < -0.39 is 0 Å². The predicted octanol–water partition coefficient (Wildman–Crippen LogP) is 3.16. The van der Waals surface area contributed by atoms with Crippen LogP contribution in [0.1, 0.15) is 30.7 Å². The standard InChI is InChI=1S/C14H18ClNO2.ClH/c1-18-14(17)13(12-8-4-5-9-16-12)10-6-2-3-7-11(10)15;/h2-3,6-7,12-13,16H,4-5,8-9H2,1H3;1H/t12?,13-;/m0./s1. The van der Waals surface area contributed by atoms with Crippen molar-refractivity contribution in [3.63, 3.8) is 0 Å². The van der Waals surface area contributed by atoms with Gasteiger partial charge in [-0.1, -0.05) is 36.2 Å². The Labute approximate surface area is 125 Å². The highest BCUT2D eigenvalue weighted by atomic mass is 35.5. The van der Waals surface area contributed by atoms with Crippen LogP contribution in [0.15, 0.2) is 24.3 Å². The zero-order valence-corrected chi connectivity index (χ0v) is 12.5. The number of rotatable bonds is 3. The summed E-state index contributed by atoms with van der Waals surface area (Å²) in [6.45, 7) is 0.947. The average Bonchev–Trinajstić information content (AvgIpc) is 2.42. The number of esters is 1. The zero-order valence-electron chi connectivity index (χ0n) is 10.9. The number of carbonyl (C=O) groups excluding carboxylic acids is 1. The fourth-order valence-corrected chi connectivity index (χ4v) is 2.78. The van der Waals surface area contributed by atoms with Crippen molar-refractivity contribution in [1.29, 1.82) is 0 Å². The van der Waals surface area contributed by atoms with Crippen LogP contribution < -0.4 is 5.32 Å². The van der Waals surface area contributed by atoms with E-state index in [1.54, 1.807) is 0 Å². The Kier molecular flexibility index (Phi) is 6.63. The van der Waals surface area contributed by atoms with Crippen LogP contribution in [0.4, 0.5) is 0 Å². The Bertz CT molecular complexity index is 420. The summed E-state index contributed by atoms with van der Waals surface area (Å²) in [5, 5.41) is 4.03. The molecule has 1 fully saturated rings. The Hall–Kier alpha value is -0.770. The first-order valence-electron chi connectivity index (χ1n) is 6.29. The number of halogens is 2. The van der Waals surface area contributed by atoms with Crippen molar-refractivity contribution in [3.05, 3.63) is 34.9 Å². The van der Waals surface area contributed by atoms with Crippen LogP contribution in [0.25, 0.3) is 0 Å². The number of hydrogen-bond donors (Lipinski definition) is 1. The number of carbonyl (C=O) groups is 1. The molecule has 0 amide bonds. The van der Waals surface area contributed by atoms with Crippen LogP contribution in [-0.4, -0.2) is 25.7 Å². The van der Waals surface area contributed by atoms with E-state index in [2.05, 4.69) is 5.32 Å². The molecule has 1 unspecified atom stereocenters. The highest BCUT2D eigenvalue weighted by molar-refractivity contribution is 6.31. The molecule has 0 radical (unpaired) electrons. The third kappa shape index (κ3) is 3.85. The van der Waals surface area contributed by atoms with Gasteiger partial charge in [-0.25, -0.2) is 0 Å². The second kappa shape index (κ2) is 7.73. The molecule has 1 aliphatic rings. The van der Waals surface area contributed by atoms with Crippen LogP contribution in [0.3, 0.4) is 0 Å². The van der Waals surface area contributed by atoms with E-state index in [-0.39, 0.29) is 30.3 Å². The maximum Gasteiger partial charge on any atom is 0.314 e. The number of nitrogens with one attached hydrogen (secondary N) is 1. The van der Waals surface area contributed by atoms with Crippen LogP contribution in [-0.2, 0) is 9.53 Å². The van der Waals surface area contributed by atoms with Gasteiger partial charge in [-0.05, 0) is 31.0 Å². The number of benzene rings is 1. The third-order valence-electron chi connectivity index (χ3n) is 3.45. The fourth-order valence-electron chi connectivity index (χ4n) is 2.53. The Morgan fingerprint density at radius 2 is 2.16 bits per heavy atom. The summed E-state index contributed by atoms with van der Waals surface area (Å²) < 4.78 is 4.94. The molecule has 0 saturated carbocycles. The summed E-state index contributed by atoms with van der Waals surface area (Å²) >= 11 is 6.20. The van der Waals surface area contributed by atoms with Gasteiger partial charge in [-0.15, -0.1) is 12.4 Å². The minimum atomic E-state index is -0.316. The quantitative estimate of drug-likeness (QED) is 0.872. The molecule has 106 valence electrons. The van der Waals surface area contributed by atoms with Crippen molar-refractivity contribution in [2.75, 3.05) is 13.7 Å². The summed E-state index contributed by atoms with van der Waals surface area (Å²) in [5.74, 6) is -0.536. The van der Waals surface area contributed by atoms with Crippen molar-refractivity contribution in [2.24, 2.45) is 0 Å². The summed E-state index contributed by atoms with van der Waals surface area (Å²) in [6, 6.07) is 7.61. The van der Waals surface area contributed by atoms with E-state index in [4.69, 9.17) is 16.3 Å². The highest BCUT2D eigenvalue weighted by Gasteiger charge is 2.32. The molecule has 1 aromatic rings. The van der Waals surface area contributed by atoms with Crippen molar-refractivity contribution < 1.29 is 9.53 Å². The van der Waals surface area contributed by atoms with Gasteiger partial charge in [-0.3, -0.25) is 4.79 Å². The van der Waals surface area contributed by atoms with E-state index in [1.807, 2.05) is 24.3 Å². The summed E-state index contributed by atoms with van der Waals surface area (Å²) in [7, 11) is 1.43. The van der Waals surface area contributed by atoms with Gasteiger partial charge in [0.1, 0.15) is 0 Å². The van der Waals surface area contributed by atoms with E-state index in [0.29, 0.717) is 5.02 Å². The fraction of sp³-hybridized carbons (Fsp3) is 0.500. The maximum atomic E-state index is 12.0. The monoisotopic (exact) mass is 303 g/mol. The molecule has 1 N–H and O–H groups in total. The lowest BCUT2D eigenvalue weighted by Crippen LogP contribution is -2.42. The van der Waals surface area contributed by atoms with Gasteiger partial charge >= 0.3 is 5.97 Å². The lowest BCUT2D eigenvalue weighted by Gasteiger charge is -2.30. The first kappa shape index (κ1) is 16.3. The molecule has 0 spiro atoms. The van der Waals surface area contributed by atoms with Gasteiger partial charge in [0.15, 0.2) is 0 Å². The average molecular weight is 304 g/mol.